The lowest BCUT2D eigenvalue weighted by Gasteiger charge is -2.18. The first-order valence-corrected chi connectivity index (χ1v) is 11.8. The highest BCUT2D eigenvalue weighted by Crippen LogP contribution is 2.34. The molecule has 1 aromatic heterocycles. The third kappa shape index (κ3) is 4.36. The van der Waals surface area contributed by atoms with E-state index in [0.29, 0.717) is 47.0 Å². The van der Waals surface area contributed by atoms with Crippen molar-refractivity contribution in [2.75, 3.05) is 26.1 Å². The summed E-state index contributed by atoms with van der Waals surface area (Å²) in [5.74, 6) is 2.79. The Morgan fingerprint density at radius 3 is 2.56 bits per heavy atom. The number of ether oxygens (including phenoxy) is 3. The molecule has 0 spiro atoms. The van der Waals surface area contributed by atoms with Crippen LogP contribution in [0.2, 0.25) is 0 Å². The molecule has 1 aliphatic heterocycles. The van der Waals surface area contributed by atoms with Crippen LogP contribution < -0.4 is 14.2 Å². The number of hydrogen-bond donors (Lipinski definition) is 0. The van der Waals surface area contributed by atoms with Gasteiger partial charge in [-0.3, -0.25) is 9.36 Å². The Kier molecular flexibility index (Phi) is 6.22. The zero-order valence-electron chi connectivity index (χ0n) is 18.9. The topological polar surface area (TPSA) is 75.5 Å². The van der Waals surface area contributed by atoms with Gasteiger partial charge in [0.2, 0.25) is 0 Å². The van der Waals surface area contributed by atoms with Crippen molar-refractivity contribution in [2.45, 2.75) is 12.1 Å². The minimum Gasteiger partial charge on any atom is -0.496 e. The van der Waals surface area contributed by atoms with Crippen LogP contribution in [0, 0.1) is 6.92 Å². The lowest BCUT2D eigenvalue weighted by molar-refractivity contribution is 0.102. The third-order valence-electron chi connectivity index (χ3n) is 5.47. The molecule has 0 saturated carbocycles. The molecule has 34 heavy (non-hydrogen) atoms. The Labute approximate surface area is 201 Å². The van der Waals surface area contributed by atoms with Crippen LogP contribution >= 0.6 is 11.8 Å². The Morgan fingerprint density at radius 1 is 1.00 bits per heavy atom. The molecule has 7 nitrogen and oxygen atoms in total. The number of methoxy groups -OCH3 is 1. The molecule has 4 aromatic rings. The number of aromatic nitrogens is 3. The van der Waals surface area contributed by atoms with Crippen molar-refractivity contribution in [1.29, 1.82) is 0 Å². The molecule has 0 bridgehead atoms. The number of para-hydroxylation sites is 1. The molecule has 172 valence electrons. The molecule has 3 aromatic carbocycles. The lowest BCUT2D eigenvalue weighted by atomic mass is 10.1. The number of aryl methyl sites for hydroxylation is 1. The molecule has 0 saturated heterocycles. The summed E-state index contributed by atoms with van der Waals surface area (Å²) in [5.41, 5.74) is 3.45. The van der Waals surface area contributed by atoms with Gasteiger partial charge < -0.3 is 14.2 Å². The summed E-state index contributed by atoms with van der Waals surface area (Å²) in [6.07, 6.45) is 0. The van der Waals surface area contributed by atoms with Gasteiger partial charge >= 0.3 is 0 Å². The Morgan fingerprint density at radius 2 is 1.76 bits per heavy atom. The van der Waals surface area contributed by atoms with Crippen LogP contribution in [-0.2, 0) is 0 Å². The summed E-state index contributed by atoms with van der Waals surface area (Å²) in [5, 5.41) is 9.51. The van der Waals surface area contributed by atoms with Crippen molar-refractivity contribution in [2.24, 2.45) is 0 Å². The maximum absolute atomic E-state index is 13.0. The van der Waals surface area contributed by atoms with Crippen molar-refractivity contribution >= 4 is 17.5 Å². The molecule has 0 fully saturated rings. The van der Waals surface area contributed by atoms with E-state index >= 15 is 0 Å². The Balaban J connectivity index is 1.46. The average Bonchev–Trinajstić information content (AvgIpc) is 3.31. The monoisotopic (exact) mass is 473 g/mol. The smallest absolute Gasteiger partial charge is 0.196 e. The highest BCUT2D eigenvalue weighted by atomic mass is 32.2. The van der Waals surface area contributed by atoms with Crippen molar-refractivity contribution in [3.8, 4) is 34.3 Å². The fourth-order valence-corrected chi connectivity index (χ4v) is 4.57. The summed E-state index contributed by atoms with van der Waals surface area (Å²) in [7, 11) is 1.63. The number of thioether (sulfide) groups is 1. The molecule has 0 unspecified atom stereocenters. The van der Waals surface area contributed by atoms with Gasteiger partial charge in [0.1, 0.15) is 19.0 Å². The quantitative estimate of drug-likeness (QED) is 0.276. The lowest BCUT2D eigenvalue weighted by Crippen LogP contribution is -2.16. The van der Waals surface area contributed by atoms with Gasteiger partial charge in [-0.25, -0.2) is 0 Å². The van der Waals surface area contributed by atoms with Gasteiger partial charge in [0.25, 0.3) is 0 Å². The van der Waals surface area contributed by atoms with Gasteiger partial charge in [-0.1, -0.05) is 41.6 Å². The molecule has 5 rings (SSSR count). The van der Waals surface area contributed by atoms with Gasteiger partial charge in [-0.05, 0) is 49.4 Å². The molecular weight excluding hydrogens is 450 g/mol. The fourth-order valence-electron chi connectivity index (χ4n) is 3.72. The highest BCUT2D eigenvalue weighted by molar-refractivity contribution is 7.99. The molecular formula is C26H23N3O4S. The second kappa shape index (κ2) is 9.61. The molecule has 0 aliphatic carbocycles. The SMILES string of the molecule is COc1ccccc1-c1nnc(SCC(=O)c2ccc3c(c2)OCCO3)n1-c1ccc(C)cc1. The standard InChI is InChI=1S/C26H23N3O4S/c1-17-7-10-19(11-8-17)29-25(20-5-3-4-6-22(20)31-2)27-28-26(29)34-16-21(30)18-9-12-23-24(15-18)33-14-13-32-23/h3-12,15H,13-14,16H2,1-2H3. The van der Waals surface area contributed by atoms with Crippen molar-refractivity contribution in [3.05, 3.63) is 77.9 Å². The van der Waals surface area contributed by atoms with Crippen LogP contribution in [0.5, 0.6) is 17.2 Å². The summed E-state index contributed by atoms with van der Waals surface area (Å²) in [6.45, 7) is 3.03. The summed E-state index contributed by atoms with van der Waals surface area (Å²) < 4.78 is 18.7. The predicted octanol–water partition coefficient (Wildman–Crippen LogP) is 5.00. The average molecular weight is 474 g/mol. The second-order valence-electron chi connectivity index (χ2n) is 7.75. The number of carbonyl (C=O) groups is 1. The number of carbonyl (C=O) groups excluding carboxylic acids is 1. The largest absolute Gasteiger partial charge is 0.496 e. The van der Waals surface area contributed by atoms with Crippen LogP contribution in [0.4, 0.5) is 0 Å². The van der Waals surface area contributed by atoms with Gasteiger partial charge in [0.05, 0.1) is 18.4 Å². The van der Waals surface area contributed by atoms with E-state index in [4.69, 9.17) is 14.2 Å². The zero-order valence-corrected chi connectivity index (χ0v) is 19.7. The van der Waals surface area contributed by atoms with E-state index < -0.39 is 0 Å². The first-order chi connectivity index (χ1) is 16.6. The van der Waals surface area contributed by atoms with E-state index in [9.17, 15) is 4.79 Å². The molecule has 0 amide bonds. The Hall–Kier alpha value is -3.78. The van der Waals surface area contributed by atoms with E-state index in [1.54, 1.807) is 25.3 Å². The molecule has 8 heteroatoms. The van der Waals surface area contributed by atoms with Gasteiger partial charge in [-0.15, -0.1) is 10.2 Å². The van der Waals surface area contributed by atoms with E-state index in [0.717, 1.165) is 16.8 Å². The van der Waals surface area contributed by atoms with E-state index in [1.165, 1.54) is 11.8 Å². The summed E-state index contributed by atoms with van der Waals surface area (Å²) in [6, 6.07) is 21.1. The van der Waals surface area contributed by atoms with Crippen molar-refractivity contribution in [3.63, 3.8) is 0 Å². The first-order valence-electron chi connectivity index (χ1n) is 10.9. The summed E-state index contributed by atoms with van der Waals surface area (Å²) in [4.78, 5) is 13.0. The van der Waals surface area contributed by atoms with Crippen LogP contribution in [0.15, 0.2) is 71.9 Å². The minimum atomic E-state index is -0.0285. The zero-order chi connectivity index (χ0) is 23.5. The number of rotatable bonds is 7. The van der Waals surface area contributed by atoms with Crippen molar-refractivity contribution in [1.82, 2.24) is 14.8 Å². The van der Waals surface area contributed by atoms with Gasteiger partial charge in [0.15, 0.2) is 28.3 Å². The number of nitrogens with zero attached hydrogens (tertiary/aromatic N) is 3. The van der Waals surface area contributed by atoms with E-state index in [1.807, 2.05) is 60.0 Å². The molecule has 2 heterocycles. The van der Waals surface area contributed by atoms with Crippen LogP contribution in [0.3, 0.4) is 0 Å². The summed E-state index contributed by atoms with van der Waals surface area (Å²) >= 11 is 1.34. The minimum absolute atomic E-state index is 0.0285. The number of fused-ring (bicyclic) bond motifs is 1. The number of benzene rings is 3. The highest BCUT2D eigenvalue weighted by Gasteiger charge is 2.21. The van der Waals surface area contributed by atoms with Crippen LogP contribution in [0.1, 0.15) is 15.9 Å². The predicted molar refractivity (Wildman–Crippen MR) is 131 cm³/mol. The van der Waals surface area contributed by atoms with Crippen LogP contribution in [0.25, 0.3) is 17.1 Å². The van der Waals surface area contributed by atoms with Gasteiger partial charge in [-0.2, -0.15) is 0 Å². The van der Waals surface area contributed by atoms with Crippen molar-refractivity contribution < 1.29 is 19.0 Å². The van der Waals surface area contributed by atoms with E-state index in [-0.39, 0.29) is 11.5 Å². The van der Waals surface area contributed by atoms with E-state index in [2.05, 4.69) is 10.2 Å². The molecule has 0 radical (unpaired) electrons. The first kappa shape index (κ1) is 22.0. The molecule has 0 N–H and O–H groups in total. The van der Waals surface area contributed by atoms with Crippen LogP contribution in [-0.4, -0.2) is 46.6 Å². The molecule has 0 atom stereocenters. The Bertz CT molecular complexity index is 1330. The maximum Gasteiger partial charge on any atom is 0.196 e. The second-order valence-corrected chi connectivity index (χ2v) is 8.69. The maximum atomic E-state index is 13.0. The molecule has 1 aliphatic rings. The fraction of sp³-hybridized carbons (Fsp3) is 0.192. The third-order valence-corrected chi connectivity index (χ3v) is 6.40. The van der Waals surface area contributed by atoms with Gasteiger partial charge in [0, 0.05) is 11.3 Å². The normalized spacial score (nSPS) is 12.4. The number of ketones is 1. The number of Topliss-reactive ketones (excluding diaryl/α,β-unsaturated/α-hetero) is 1. The number of hydrogen-bond acceptors (Lipinski definition) is 7.